The van der Waals surface area contributed by atoms with E-state index in [4.69, 9.17) is 43.4 Å². The largest absolute Gasteiger partial charge is 0.457 e. The normalized spacial score (nSPS) is 20.6. The van der Waals surface area contributed by atoms with Crippen LogP contribution >= 0.6 is 23.2 Å². The Kier molecular flexibility index (Phi) is 22.1. The lowest BCUT2D eigenvalue weighted by atomic mass is 9.93. The molecular weight excluding hydrogens is 1030 g/mol. The van der Waals surface area contributed by atoms with E-state index in [1.54, 1.807) is 49.3 Å². The van der Waals surface area contributed by atoms with Crippen LogP contribution in [0.25, 0.3) is 11.3 Å². The first-order chi connectivity index (χ1) is 37.6. The number of imidazole rings is 1. The van der Waals surface area contributed by atoms with Crippen molar-refractivity contribution >= 4 is 52.7 Å². The summed E-state index contributed by atoms with van der Waals surface area (Å²) in [4.78, 5) is 86.4. The number of carbonyl (C=O) groups is 5. The van der Waals surface area contributed by atoms with Crippen LogP contribution in [-0.2, 0) is 61.7 Å². The minimum absolute atomic E-state index is 0.0728. The van der Waals surface area contributed by atoms with Gasteiger partial charge >= 0.3 is 0 Å². The number of ether oxygens (including phenoxy) is 2. The van der Waals surface area contributed by atoms with Crippen molar-refractivity contribution in [1.29, 1.82) is 0 Å². The molecule has 0 bridgehead atoms. The number of likely N-dealkylation sites (N-methyl/N-ethyl adjacent to an activating group) is 2. The molecule has 0 saturated carbocycles. The van der Waals surface area contributed by atoms with E-state index in [9.17, 15) is 14.4 Å². The highest BCUT2D eigenvalue weighted by Gasteiger charge is 2.38. The number of likely N-dealkylation sites (tertiary alicyclic amines) is 1. The number of nitrogens with two attached hydrogens (primary N) is 1. The summed E-state index contributed by atoms with van der Waals surface area (Å²) in [7, 11) is 6.77. The molecule has 2 saturated heterocycles. The minimum Gasteiger partial charge on any atom is -0.457 e. The number of methoxy groups -OCH3 is 1. The molecule has 0 spiro atoms. The smallest absolute Gasteiger partial charge is 0.247 e. The number of benzene rings is 4. The second kappa shape index (κ2) is 29.1. The number of amides is 5. The van der Waals surface area contributed by atoms with Gasteiger partial charge in [0.05, 0.1) is 37.5 Å². The van der Waals surface area contributed by atoms with Gasteiger partial charge in [0.15, 0.2) is 0 Å². The summed E-state index contributed by atoms with van der Waals surface area (Å²) >= 11 is 13.0. The van der Waals surface area contributed by atoms with Crippen molar-refractivity contribution in [2.24, 2.45) is 18.7 Å². The second-order valence-corrected chi connectivity index (χ2v) is 21.7. The standard InChI is InChI=1S/C60H77Cl2N9O7/c1-6-7-16-48-38-67(2)59(75)45(31-41-14-9-8-10-15-41)33-57(73)71(37-44-20-25-47(62)34-54(44)78-50-26-21-43(22-27-50)53-36-64-55(69(53)4)39-70-29-11-12-30-70)52(17-13-28-63)58(74)66-51(40-77-5)60(76)68(3)49(35-56(72)65-48)32-42-18-23-46(61)24-19-42/h8-10,14-15,18-27,34,36,45,48-49,51-52H,6-7,11-13,16-17,28-33,35,37-40,63H2,1-5H3,(H,65,72)(H,66,74)/t45-,48?,49?,51?,52?/m1/s1. The summed E-state index contributed by atoms with van der Waals surface area (Å²) in [6.45, 7) is 5.03. The van der Waals surface area contributed by atoms with E-state index >= 15 is 9.59 Å². The molecule has 4 N–H and O–H groups in total. The Hall–Kier alpha value is -6.30. The van der Waals surface area contributed by atoms with Gasteiger partial charge in [-0.3, -0.25) is 28.9 Å². The summed E-state index contributed by atoms with van der Waals surface area (Å²) in [5.41, 5.74) is 10.3. The van der Waals surface area contributed by atoms with E-state index in [-0.39, 0.29) is 63.7 Å². The summed E-state index contributed by atoms with van der Waals surface area (Å²) in [5, 5.41) is 7.09. The highest BCUT2D eigenvalue weighted by molar-refractivity contribution is 6.31. The van der Waals surface area contributed by atoms with Gasteiger partial charge in [-0.15, -0.1) is 0 Å². The number of aromatic nitrogens is 2. The summed E-state index contributed by atoms with van der Waals surface area (Å²) in [6, 6.07) is 26.0. The molecule has 5 atom stereocenters. The van der Waals surface area contributed by atoms with Crippen molar-refractivity contribution in [2.45, 2.75) is 115 Å². The second-order valence-electron chi connectivity index (χ2n) is 20.8. The van der Waals surface area contributed by atoms with E-state index < -0.39 is 47.8 Å². The van der Waals surface area contributed by atoms with Crippen molar-refractivity contribution < 1.29 is 33.4 Å². The maximum absolute atomic E-state index is 15.5. The highest BCUT2D eigenvalue weighted by atomic mass is 35.5. The van der Waals surface area contributed by atoms with Crippen molar-refractivity contribution in [3.63, 3.8) is 0 Å². The molecule has 4 aromatic carbocycles. The molecule has 1 aromatic heterocycles. The molecule has 5 amide bonds. The van der Waals surface area contributed by atoms with Crippen molar-refractivity contribution in [2.75, 3.05) is 54.0 Å². The summed E-state index contributed by atoms with van der Waals surface area (Å²) in [5.74, 6) is -1.20. The molecule has 3 heterocycles. The third-order valence-electron chi connectivity index (χ3n) is 15.0. The van der Waals surface area contributed by atoms with Crippen LogP contribution in [0, 0.1) is 5.92 Å². The Labute approximate surface area is 469 Å². The van der Waals surface area contributed by atoms with Crippen LogP contribution in [-0.4, -0.2) is 137 Å². The number of unbranched alkanes of at least 4 members (excludes halogenated alkanes) is 1. The Morgan fingerprint density at radius 3 is 2.17 bits per heavy atom. The average molecular weight is 1110 g/mol. The SMILES string of the molecule is CCCCC1CN(C)C(=O)[C@H](Cc2ccccc2)CC(=O)N(Cc2ccc(Cl)cc2Oc2ccc(-c3cnc(CN4CCCC4)n3C)cc2)C(CCCN)C(=O)NC(COC)C(=O)N(C)C(Cc2ccc(Cl)cc2)CC(=O)N1. The highest BCUT2D eigenvalue weighted by Crippen LogP contribution is 2.33. The maximum atomic E-state index is 15.5. The number of carbonyl (C=O) groups excluding carboxylic acids is 5. The zero-order chi connectivity index (χ0) is 55.7. The van der Waals surface area contributed by atoms with Gasteiger partial charge in [-0.25, -0.2) is 4.98 Å². The molecular formula is C60H77Cl2N9O7. The molecule has 16 nitrogen and oxygen atoms in total. The quantitative estimate of drug-likeness (QED) is 0.0729. The average Bonchev–Trinajstić information content (AvgIpc) is 4.11. The zero-order valence-corrected chi connectivity index (χ0v) is 47.3. The van der Waals surface area contributed by atoms with Crippen LogP contribution < -0.4 is 21.1 Å². The van der Waals surface area contributed by atoms with Gasteiger partial charge in [-0.05, 0) is 124 Å². The molecule has 0 radical (unpaired) electrons. The number of nitrogens with one attached hydrogen (secondary N) is 2. The van der Waals surface area contributed by atoms with Gasteiger partial charge in [0.1, 0.15) is 29.4 Å². The Morgan fingerprint density at radius 1 is 0.769 bits per heavy atom. The fourth-order valence-electron chi connectivity index (χ4n) is 10.5. The number of hydrogen-bond donors (Lipinski definition) is 3. The Balaban J connectivity index is 1.27. The molecule has 4 unspecified atom stereocenters. The molecule has 0 aliphatic carbocycles. The Morgan fingerprint density at radius 2 is 1.47 bits per heavy atom. The van der Waals surface area contributed by atoms with Crippen molar-refractivity contribution in [3.8, 4) is 22.8 Å². The van der Waals surface area contributed by atoms with Crippen LogP contribution in [0.15, 0.2) is 103 Å². The first-order valence-electron chi connectivity index (χ1n) is 27.3. The number of rotatable bonds is 19. The van der Waals surface area contributed by atoms with Crippen LogP contribution in [0.5, 0.6) is 11.5 Å². The van der Waals surface area contributed by atoms with Crippen molar-refractivity contribution in [1.82, 2.24) is 39.8 Å². The Bertz CT molecular complexity index is 2770. The van der Waals surface area contributed by atoms with Gasteiger partial charge < -0.3 is 45.1 Å². The van der Waals surface area contributed by atoms with Crippen molar-refractivity contribution in [3.05, 3.63) is 136 Å². The lowest BCUT2D eigenvalue weighted by Crippen LogP contribution is -2.58. The molecule has 2 aliphatic rings. The van der Waals surface area contributed by atoms with Gasteiger partial charge in [0.2, 0.25) is 29.5 Å². The first kappa shape index (κ1) is 59.4. The molecule has 7 rings (SSSR count). The summed E-state index contributed by atoms with van der Waals surface area (Å²) < 4.78 is 14.3. The number of nitrogens with zero attached hydrogens (tertiary/aromatic N) is 6. The summed E-state index contributed by atoms with van der Waals surface area (Å²) in [6.07, 6.45) is 7.16. The molecule has 78 heavy (non-hydrogen) atoms. The predicted octanol–water partition coefficient (Wildman–Crippen LogP) is 8.21. The van der Waals surface area contributed by atoms with Gasteiger partial charge in [-0.1, -0.05) is 91.5 Å². The van der Waals surface area contributed by atoms with Crippen LogP contribution in [0.4, 0.5) is 0 Å². The molecule has 2 fully saturated rings. The monoisotopic (exact) mass is 1110 g/mol. The fraction of sp³-hybridized carbons (Fsp3) is 0.467. The van der Waals surface area contributed by atoms with Crippen LogP contribution in [0.2, 0.25) is 10.0 Å². The van der Waals surface area contributed by atoms with E-state index in [2.05, 4.69) is 27.0 Å². The third kappa shape index (κ3) is 16.4. The third-order valence-corrected chi connectivity index (χ3v) is 15.4. The minimum atomic E-state index is -1.22. The predicted molar refractivity (Wildman–Crippen MR) is 305 cm³/mol. The van der Waals surface area contributed by atoms with Gasteiger partial charge in [-0.2, -0.15) is 0 Å². The lowest BCUT2D eigenvalue weighted by molar-refractivity contribution is -0.147. The van der Waals surface area contributed by atoms with Gasteiger partial charge in [0, 0.05) is 80.9 Å². The van der Waals surface area contributed by atoms with E-state index in [0.717, 1.165) is 60.7 Å². The zero-order valence-electron chi connectivity index (χ0n) is 45.8. The molecule has 418 valence electrons. The molecule has 18 heteroatoms. The van der Waals surface area contributed by atoms with E-state index in [1.165, 1.54) is 29.8 Å². The number of halogens is 2. The maximum Gasteiger partial charge on any atom is 0.247 e. The molecule has 5 aromatic rings. The molecule has 2 aliphatic heterocycles. The fourth-order valence-corrected chi connectivity index (χ4v) is 10.8. The van der Waals surface area contributed by atoms with Crippen LogP contribution in [0.3, 0.4) is 0 Å². The lowest BCUT2D eigenvalue weighted by Gasteiger charge is -2.36. The number of hydrogen-bond acceptors (Lipinski definition) is 10. The van der Waals surface area contributed by atoms with E-state index in [0.29, 0.717) is 46.4 Å². The first-order valence-corrected chi connectivity index (χ1v) is 28.1. The van der Waals surface area contributed by atoms with E-state index in [1.807, 2.05) is 80.0 Å². The van der Waals surface area contributed by atoms with Gasteiger partial charge in [0.25, 0.3) is 0 Å². The van der Waals surface area contributed by atoms with Crippen LogP contribution in [0.1, 0.15) is 87.2 Å². The topological polar surface area (TPSA) is 185 Å².